The molecule has 0 spiro atoms. The molecule has 0 fully saturated rings. The number of hydrogen-bond donors (Lipinski definition) is 8. The van der Waals surface area contributed by atoms with E-state index >= 15 is 0 Å². The monoisotopic (exact) mass is 987 g/mol. The molecular weight excluding hydrogens is 909 g/mol. The van der Waals surface area contributed by atoms with Crippen molar-refractivity contribution in [2.24, 2.45) is 23.7 Å². The molecule has 2 unspecified atom stereocenters. The van der Waals surface area contributed by atoms with E-state index in [0.717, 1.165) is 10.8 Å². The molecule has 392 valence electrons. The average Bonchev–Trinajstić information content (AvgIpc) is 3.28. The first-order chi connectivity index (χ1) is 32.9. The van der Waals surface area contributed by atoms with Crippen LogP contribution >= 0.6 is 0 Å². The summed E-state index contributed by atoms with van der Waals surface area (Å²) >= 11 is 0. The van der Waals surface area contributed by atoms with Gasteiger partial charge in [0.05, 0.1) is 39.6 Å². The molecule has 0 heterocycles. The Morgan fingerprint density at radius 3 is 1.13 bits per heavy atom. The van der Waals surface area contributed by atoms with Crippen molar-refractivity contribution >= 4 is 58.2 Å². The summed E-state index contributed by atoms with van der Waals surface area (Å²) in [6.45, 7) is 17.4. The molecular formula is C50H78N6O14. The second-order valence-corrected chi connectivity index (χ2v) is 19.0. The molecule has 0 aromatic heterocycles. The zero-order valence-electron chi connectivity index (χ0n) is 42.8. The molecule has 2 aromatic carbocycles. The Kier molecular flexibility index (Phi) is 25.7. The van der Waals surface area contributed by atoms with Crippen LogP contribution in [0.15, 0.2) is 36.4 Å². The first kappa shape index (κ1) is 60.1. The Balaban J connectivity index is 1.94. The number of carbonyl (C=O) groups excluding carboxylic acids is 8. The maximum Gasteiger partial charge on any atom is 0.328 e. The molecule has 0 radical (unpaired) electrons. The molecule has 20 heteroatoms. The number of ether oxygens (including phenoxy) is 4. The molecule has 0 bridgehead atoms. The normalized spacial score (nSPS) is 14.8. The number of carbonyl (C=O) groups is 8. The molecule has 70 heavy (non-hydrogen) atoms. The third kappa shape index (κ3) is 20.5. The third-order valence-electron chi connectivity index (χ3n) is 11.1. The van der Waals surface area contributed by atoms with Gasteiger partial charge in [0.25, 0.3) is 0 Å². The highest BCUT2D eigenvalue weighted by Crippen LogP contribution is 2.26. The topological polar surface area (TPSA) is 286 Å². The lowest BCUT2D eigenvalue weighted by Gasteiger charge is -2.27. The number of methoxy groups -OCH3 is 2. The van der Waals surface area contributed by atoms with Crippen LogP contribution in [0.2, 0.25) is 0 Å². The number of aliphatic hydroxyl groups is 2. The quantitative estimate of drug-likeness (QED) is 0.0413. The van der Waals surface area contributed by atoms with Crippen molar-refractivity contribution in [1.82, 2.24) is 31.9 Å². The van der Waals surface area contributed by atoms with Crippen molar-refractivity contribution in [3.05, 3.63) is 36.4 Å². The molecule has 6 amide bonds. The maximum atomic E-state index is 13.3. The molecule has 0 aliphatic heterocycles. The van der Waals surface area contributed by atoms with E-state index in [1.807, 2.05) is 39.8 Å². The van der Waals surface area contributed by atoms with E-state index in [0.29, 0.717) is 11.5 Å². The van der Waals surface area contributed by atoms with E-state index in [2.05, 4.69) is 31.9 Å². The number of nitrogens with one attached hydrogen (secondary N) is 6. The van der Waals surface area contributed by atoms with E-state index in [-0.39, 0.29) is 75.4 Å². The van der Waals surface area contributed by atoms with Gasteiger partial charge in [0.1, 0.15) is 47.8 Å². The highest BCUT2D eigenvalue weighted by molar-refractivity contribution is 5.95. The number of aliphatic hydroxyl groups excluding tert-OH is 2. The zero-order valence-corrected chi connectivity index (χ0v) is 42.8. The second kappa shape index (κ2) is 29.9. The summed E-state index contributed by atoms with van der Waals surface area (Å²) in [6, 6.07) is 4.20. The third-order valence-corrected chi connectivity index (χ3v) is 11.1. The Bertz CT molecular complexity index is 1920. The van der Waals surface area contributed by atoms with Gasteiger partial charge in [-0.05, 0) is 98.2 Å². The molecule has 8 N–H and O–H groups in total. The minimum absolute atomic E-state index is 0.0231. The van der Waals surface area contributed by atoms with Gasteiger partial charge >= 0.3 is 11.9 Å². The van der Waals surface area contributed by atoms with Crippen LogP contribution in [0.1, 0.15) is 108 Å². The van der Waals surface area contributed by atoms with Crippen LogP contribution in [0.3, 0.4) is 0 Å². The van der Waals surface area contributed by atoms with Crippen LogP contribution in [0.25, 0.3) is 10.8 Å². The van der Waals surface area contributed by atoms with E-state index in [4.69, 9.17) is 18.9 Å². The van der Waals surface area contributed by atoms with E-state index in [1.54, 1.807) is 52.0 Å². The average molecular weight is 987 g/mol. The van der Waals surface area contributed by atoms with Gasteiger partial charge in [-0.15, -0.1) is 0 Å². The van der Waals surface area contributed by atoms with Gasteiger partial charge in [0, 0.05) is 12.8 Å². The number of hydrogen-bond acceptors (Lipinski definition) is 14. The van der Waals surface area contributed by atoms with Crippen molar-refractivity contribution in [3.8, 4) is 11.5 Å². The predicted octanol–water partition coefficient (Wildman–Crippen LogP) is 2.58. The maximum absolute atomic E-state index is 13.3. The minimum atomic E-state index is -1.36. The van der Waals surface area contributed by atoms with Gasteiger partial charge in [-0.2, -0.15) is 0 Å². The van der Waals surface area contributed by atoms with Gasteiger partial charge < -0.3 is 61.1 Å². The van der Waals surface area contributed by atoms with Gasteiger partial charge in [-0.3, -0.25) is 28.8 Å². The summed E-state index contributed by atoms with van der Waals surface area (Å²) in [5, 5.41) is 38.2. The minimum Gasteiger partial charge on any atom is -0.494 e. The Morgan fingerprint density at radius 1 is 0.471 bits per heavy atom. The molecule has 20 nitrogen and oxygen atoms in total. The van der Waals surface area contributed by atoms with Gasteiger partial charge in [0.2, 0.25) is 35.4 Å². The number of amides is 6. The Labute approximate surface area is 411 Å². The number of benzene rings is 2. The van der Waals surface area contributed by atoms with Crippen molar-refractivity contribution in [1.29, 1.82) is 0 Å². The van der Waals surface area contributed by atoms with E-state index in [1.165, 1.54) is 28.1 Å². The van der Waals surface area contributed by atoms with Crippen LogP contribution in [-0.2, 0) is 47.8 Å². The highest BCUT2D eigenvalue weighted by atomic mass is 16.5. The molecule has 0 saturated heterocycles. The molecule has 0 saturated carbocycles. The Hall–Kier alpha value is -6.02. The van der Waals surface area contributed by atoms with E-state index in [9.17, 15) is 48.6 Å². The summed E-state index contributed by atoms with van der Waals surface area (Å²) in [4.78, 5) is 103. The van der Waals surface area contributed by atoms with Crippen LogP contribution in [0.5, 0.6) is 11.5 Å². The lowest BCUT2D eigenvalue weighted by atomic mass is 10.00. The second-order valence-electron chi connectivity index (χ2n) is 19.0. The van der Waals surface area contributed by atoms with Gasteiger partial charge in [0.15, 0.2) is 0 Å². The fraction of sp³-hybridized carbons (Fsp3) is 0.640. The first-order valence-corrected chi connectivity index (χ1v) is 24.0. The van der Waals surface area contributed by atoms with Crippen molar-refractivity contribution in [3.63, 3.8) is 0 Å². The fourth-order valence-corrected chi connectivity index (χ4v) is 7.22. The lowest BCUT2D eigenvalue weighted by molar-refractivity contribution is -0.147. The zero-order chi connectivity index (χ0) is 52.8. The summed E-state index contributed by atoms with van der Waals surface area (Å²) in [6.07, 6.45) is -1.65. The Morgan fingerprint density at radius 2 is 0.829 bits per heavy atom. The summed E-state index contributed by atoms with van der Waals surface area (Å²) in [5.74, 6) is -4.56. The van der Waals surface area contributed by atoms with Crippen LogP contribution in [0, 0.1) is 23.7 Å². The SMILES string of the molecule is COC(=O)[C@@H](NC(=O)[C@H](CC(C)C)NC(=O)[C@@H](NC(=O)CCCOc1ccc2ccc(OCCCC(=O)N[C@H](C(=O)N[C@@H](CC(C)C)C(=O)N[C@H](C(=O)OC)C(C)C)C(C)O)cc2c1)C(C)O)C(C)C. The summed E-state index contributed by atoms with van der Waals surface area (Å²) < 4.78 is 21.5. The lowest BCUT2D eigenvalue weighted by Crippen LogP contribution is -2.59. The number of fused-ring (bicyclic) bond motifs is 1. The molecule has 2 aromatic rings. The standard InChI is InChI=1S/C50H78N6O14/c1-27(2)23-37(45(61)55-41(29(5)6)49(65)67-11)51-47(63)43(31(9)57)53-39(59)15-13-21-69-35-19-17-33-18-20-36(26-34(33)25-35)70-22-14-16-40(60)54-44(32(10)58)48(64)52-38(24-28(3)4)46(62)56-42(30(7)8)50(66)68-12/h17-20,25-32,37-38,41-44,57-58H,13-16,21-24H2,1-12H3,(H,51,63)(H,52,64)(H,53,59)(H,54,60)(H,55,61)(H,56,62)/t31?,32?,37-,38-,41-,42-,43-,44-/m0/s1. The first-order valence-electron chi connectivity index (χ1n) is 24.0. The summed E-state index contributed by atoms with van der Waals surface area (Å²) in [7, 11) is 2.43. The highest BCUT2D eigenvalue weighted by Gasteiger charge is 2.35. The molecule has 0 aliphatic carbocycles. The predicted molar refractivity (Wildman–Crippen MR) is 261 cm³/mol. The van der Waals surface area contributed by atoms with E-state index < -0.39 is 95.8 Å². The van der Waals surface area contributed by atoms with Gasteiger partial charge in [-0.1, -0.05) is 67.5 Å². The number of rotatable bonds is 30. The van der Waals surface area contributed by atoms with Crippen molar-refractivity contribution in [2.45, 2.75) is 156 Å². The van der Waals surface area contributed by atoms with Gasteiger partial charge in [-0.25, -0.2) is 9.59 Å². The van der Waals surface area contributed by atoms with Crippen LogP contribution < -0.4 is 41.4 Å². The van der Waals surface area contributed by atoms with Crippen LogP contribution in [0.4, 0.5) is 0 Å². The molecule has 2 rings (SSSR count). The van der Waals surface area contributed by atoms with Crippen molar-refractivity contribution < 1.29 is 67.5 Å². The molecule has 8 atom stereocenters. The fourth-order valence-electron chi connectivity index (χ4n) is 7.22. The molecule has 0 aliphatic rings. The largest absolute Gasteiger partial charge is 0.494 e. The number of esters is 2. The summed E-state index contributed by atoms with van der Waals surface area (Å²) in [5.41, 5.74) is 0. The smallest absolute Gasteiger partial charge is 0.328 e. The van der Waals surface area contributed by atoms with Crippen LogP contribution in [-0.4, -0.2) is 133 Å². The van der Waals surface area contributed by atoms with Crippen molar-refractivity contribution in [2.75, 3.05) is 27.4 Å².